The molecule has 0 aliphatic carbocycles. The van der Waals surface area contributed by atoms with Gasteiger partial charge in [-0.1, -0.05) is 22.9 Å². The first-order chi connectivity index (χ1) is 8.04. The van der Waals surface area contributed by atoms with Crippen molar-refractivity contribution in [3.05, 3.63) is 34.1 Å². The van der Waals surface area contributed by atoms with E-state index in [0.717, 1.165) is 4.47 Å². The van der Waals surface area contributed by atoms with Crippen LogP contribution < -0.4 is 11.1 Å². The predicted molar refractivity (Wildman–Crippen MR) is 68.8 cm³/mol. The molecule has 0 aliphatic heterocycles. The molecule has 0 aliphatic rings. The number of amides is 1. The topological polar surface area (TPSA) is 55.1 Å². The molecule has 0 heterocycles. The Labute approximate surface area is 109 Å². The minimum Gasteiger partial charge on any atom is -0.352 e. The lowest BCUT2D eigenvalue weighted by Gasteiger charge is -2.11. The first kappa shape index (κ1) is 14.1. The molecule has 0 radical (unpaired) electrons. The number of rotatable bonds is 5. The average Bonchev–Trinajstić information content (AvgIpc) is 2.30. The number of carbonyl (C=O) groups is 1. The van der Waals surface area contributed by atoms with Crippen molar-refractivity contribution >= 4 is 21.8 Å². The van der Waals surface area contributed by atoms with Gasteiger partial charge in [0.25, 0.3) is 0 Å². The van der Waals surface area contributed by atoms with E-state index < -0.39 is 0 Å². The Balaban J connectivity index is 2.55. The second-order valence-corrected chi connectivity index (χ2v) is 4.85. The van der Waals surface area contributed by atoms with Crippen LogP contribution in [0.5, 0.6) is 0 Å². The third-order valence-corrected chi connectivity index (χ3v) is 3.00. The van der Waals surface area contributed by atoms with E-state index >= 15 is 0 Å². The molecule has 1 aromatic rings. The Morgan fingerprint density at radius 2 is 2.29 bits per heavy atom. The van der Waals surface area contributed by atoms with Crippen molar-refractivity contribution in [2.75, 3.05) is 6.54 Å². The Bertz CT molecular complexity index is 398. The van der Waals surface area contributed by atoms with Gasteiger partial charge >= 0.3 is 0 Å². The third kappa shape index (κ3) is 4.44. The van der Waals surface area contributed by atoms with E-state index in [4.69, 9.17) is 5.73 Å². The number of halogens is 2. The average molecular weight is 303 g/mol. The molecule has 0 bridgehead atoms. The molecule has 3 nitrogen and oxygen atoms in total. The van der Waals surface area contributed by atoms with Gasteiger partial charge in [0, 0.05) is 22.5 Å². The summed E-state index contributed by atoms with van der Waals surface area (Å²) >= 11 is 3.26. The first-order valence-corrected chi connectivity index (χ1v) is 6.25. The summed E-state index contributed by atoms with van der Waals surface area (Å²) < 4.78 is 14.2. The molecular weight excluding hydrogens is 287 g/mol. The molecule has 5 heteroatoms. The second kappa shape index (κ2) is 6.71. The van der Waals surface area contributed by atoms with Crippen molar-refractivity contribution in [2.24, 2.45) is 11.7 Å². The zero-order chi connectivity index (χ0) is 12.8. The molecule has 0 fully saturated rings. The summed E-state index contributed by atoms with van der Waals surface area (Å²) in [5.41, 5.74) is 5.84. The number of hydrogen-bond donors (Lipinski definition) is 2. The number of nitrogens with one attached hydrogen (secondary N) is 1. The van der Waals surface area contributed by atoms with Crippen LogP contribution in [-0.2, 0) is 11.3 Å². The summed E-state index contributed by atoms with van der Waals surface area (Å²) in [4.78, 5) is 11.6. The minimum atomic E-state index is -0.319. The number of nitrogens with two attached hydrogens (primary N) is 1. The summed E-state index contributed by atoms with van der Waals surface area (Å²) in [5, 5.41) is 2.70. The summed E-state index contributed by atoms with van der Waals surface area (Å²) in [7, 11) is 0. The van der Waals surface area contributed by atoms with Crippen molar-refractivity contribution < 1.29 is 9.18 Å². The Kier molecular flexibility index (Phi) is 5.58. The fraction of sp³-hybridized carbons (Fsp3) is 0.417. The van der Waals surface area contributed by atoms with Gasteiger partial charge in [0.2, 0.25) is 5.91 Å². The fourth-order valence-corrected chi connectivity index (χ4v) is 1.82. The molecule has 3 N–H and O–H groups in total. The van der Waals surface area contributed by atoms with Gasteiger partial charge in [-0.15, -0.1) is 0 Å². The molecule has 94 valence electrons. The highest BCUT2D eigenvalue weighted by Crippen LogP contribution is 2.15. The largest absolute Gasteiger partial charge is 0.352 e. The Morgan fingerprint density at radius 3 is 2.94 bits per heavy atom. The van der Waals surface area contributed by atoms with Crippen molar-refractivity contribution in [1.29, 1.82) is 0 Å². The quantitative estimate of drug-likeness (QED) is 0.876. The molecular formula is C12H16BrFN2O. The highest BCUT2D eigenvalue weighted by molar-refractivity contribution is 9.10. The maximum absolute atomic E-state index is 13.4. The first-order valence-electron chi connectivity index (χ1n) is 5.46. The van der Waals surface area contributed by atoms with Gasteiger partial charge in [-0.3, -0.25) is 4.79 Å². The van der Waals surface area contributed by atoms with Crippen molar-refractivity contribution in [2.45, 2.75) is 19.9 Å². The number of benzene rings is 1. The minimum absolute atomic E-state index is 0.102. The highest BCUT2D eigenvalue weighted by atomic mass is 79.9. The highest BCUT2D eigenvalue weighted by Gasteiger charge is 2.12. The molecule has 1 unspecified atom stereocenters. The second-order valence-electron chi connectivity index (χ2n) is 3.93. The molecule has 0 aromatic heterocycles. The van der Waals surface area contributed by atoms with Crippen LogP contribution in [0.4, 0.5) is 4.39 Å². The molecule has 1 amide bonds. The van der Waals surface area contributed by atoms with E-state index in [2.05, 4.69) is 21.2 Å². The third-order valence-electron chi connectivity index (χ3n) is 2.51. The maximum atomic E-state index is 13.4. The van der Waals surface area contributed by atoms with E-state index in [1.165, 1.54) is 6.07 Å². The molecule has 0 saturated heterocycles. The van der Waals surface area contributed by atoms with Crippen molar-refractivity contribution in [3.63, 3.8) is 0 Å². The fourth-order valence-electron chi connectivity index (χ4n) is 1.42. The molecule has 1 rings (SSSR count). The monoisotopic (exact) mass is 302 g/mol. The van der Waals surface area contributed by atoms with Crippen LogP contribution in [0.3, 0.4) is 0 Å². The lowest BCUT2D eigenvalue weighted by molar-refractivity contribution is -0.124. The van der Waals surface area contributed by atoms with Gasteiger partial charge in [0.1, 0.15) is 5.82 Å². The predicted octanol–water partition coefficient (Wildman–Crippen LogP) is 2.19. The zero-order valence-corrected chi connectivity index (χ0v) is 11.3. The van der Waals surface area contributed by atoms with E-state index in [1.807, 2.05) is 0 Å². The summed E-state index contributed by atoms with van der Waals surface area (Å²) in [6, 6.07) is 4.65. The Hall–Kier alpha value is -0.940. The smallest absolute Gasteiger partial charge is 0.223 e. The van der Waals surface area contributed by atoms with Gasteiger partial charge in [-0.05, 0) is 31.2 Å². The van der Waals surface area contributed by atoms with Crippen LogP contribution in [0.2, 0.25) is 0 Å². The zero-order valence-electron chi connectivity index (χ0n) is 9.67. The summed E-state index contributed by atoms with van der Waals surface area (Å²) in [6.45, 7) is 2.47. The molecule has 0 spiro atoms. The van der Waals surface area contributed by atoms with Crippen molar-refractivity contribution in [3.8, 4) is 0 Å². The van der Waals surface area contributed by atoms with Gasteiger partial charge in [-0.25, -0.2) is 4.39 Å². The number of hydrogen-bond acceptors (Lipinski definition) is 2. The van der Waals surface area contributed by atoms with Crippen LogP contribution in [0.25, 0.3) is 0 Å². The van der Waals surface area contributed by atoms with Gasteiger partial charge in [-0.2, -0.15) is 0 Å². The molecule has 17 heavy (non-hydrogen) atoms. The van der Waals surface area contributed by atoms with E-state index in [1.54, 1.807) is 19.1 Å². The lowest BCUT2D eigenvalue weighted by Crippen LogP contribution is -2.30. The van der Waals surface area contributed by atoms with Gasteiger partial charge < -0.3 is 11.1 Å². The molecule has 1 aromatic carbocycles. The summed E-state index contributed by atoms with van der Waals surface area (Å²) in [5.74, 6) is -0.565. The van der Waals surface area contributed by atoms with Crippen LogP contribution in [0.15, 0.2) is 22.7 Å². The van der Waals surface area contributed by atoms with E-state index in [-0.39, 0.29) is 24.2 Å². The van der Waals surface area contributed by atoms with Crippen LogP contribution in [-0.4, -0.2) is 12.5 Å². The van der Waals surface area contributed by atoms with Crippen LogP contribution in [0, 0.1) is 11.7 Å². The van der Waals surface area contributed by atoms with Gasteiger partial charge in [0.15, 0.2) is 0 Å². The van der Waals surface area contributed by atoms with E-state index in [0.29, 0.717) is 18.5 Å². The van der Waals surface area contributed by atoms with Crippen LogP contribution >= 0.6 is 15.9 Å². The van der Waals surface area contributed by atoms with E-state index in [9.17, 15) is 9.18 Å². The van der Waals surface area contributed by atoms with Crippen LogP contribution in [0.1, 0.15) is 18.9 Å². The maximum Gasteiger partial charge on any atom is 0.223 e. The van der Waals surface area contributed by atoms with Crippen molar-refractivity contribution in [1.82, 2.24) is 5.32 Å². The normalized spacial score (nSPS) is 12.2. The Morgan fingerprint density at radius 1 is 1.59 bits per heavy atom. The molecule has 0 saturated carbocycles. The SMILES string of the molecule is CC(CCN)C(=O)NCc1cc(Br)ccc1F. The lowest BCUT2D eigenvalue weighted by atomic mass is 10.1. The standard InChI is InChI=1S/C12H16BrFN2O/c1-8(4-5-15)12(17)16-7-9-6-10(13)2-3-11(9)14/h2-3,6,8H,4-5,7,15H2,1H3,(H,16,17). The summed E-state index contributed by atoms with van der Waals surface area (Å²) in [6.07, 6.45) is 0.632. The van der Waals surface area contributed by atoms with Gasteiger partial charge in [0.05, 0.1) is 0 Å². The molecule has 1 atom stereocenters. The number of carbonyl (C=O) groups excluding carboxylic acids is 1.